The molecule has 1 saturated carbocycles. The quantitative estimate of drug-likeness (QED) is 0.514. The Morgan fingerprint density at radius 3 is 2.91 bits per heavy atom. The molecule has 4 N–H and O–H groups in total. The van der Waals surface area contributed by atoms with E-state index in [9.17, 15) is 14.7 Å². The summed E-state index contributed by atoms with van der Waals surface area (Å²) in [7, 11) is 0. The van der Waals surface area contributed by atoms with E-state index in [2.05, 4.69) is 25.9 Å². The minimum Gasteiger partial charge on any atom is -0.483 e. The summed E-state index contributed by atoms with van der Waals surface area (Å²) in [6.45, 7) is 1.33. The van der Waals surface area contributed by atoms with Crippen molar-refractivity contribution in [3.05, 3.63) is 30.1 Å². The average Bonchev–Trinajstić information content (AvgIpc) is 2.83. The summed E-state index contributed by atoms with van der Waals surface area (Å²) >= 11 is 1.48. The van der Waals surface area contributed by atoms with Crippen molar-refractivity contribution in [3.63, 3.8) is 0 Å². The fraction of sp³-hybridized carbons (Fsp3) is 0.455. The first-order valence-electron chi connectivity index (χ1n) is 10.9. The van der Waals surface area contributed by atoms with Gasteiger partial charge in [-0.1, -0.05) is 0 Å². The highest BCUT2D eigenvalue weighted by Crippen LogP contribution is 2.37. The Morgan fingerprint density at radius 2 is 2.06 bits per heavy atom. The van der Waals surface area contributed by atoms with Crippen molar-refractivity contribution in [1.29, 1.82) is 0 Å². The van der Waals surface area contributed by atoms with E-state index in [4.69, 9.17) is 9.47 Å². The Kier molecular flexibility index (Phi) is 6.09. The van der Waals surface area contributed by atoms with Crippen molar-refractivity contribution in [2.45, 2.75) is 48.8 Å². The van der Waals surface area contributed by atoms with Crippen LogP contribution in [0.5, 0.6) is 11.6 Å². The largest absolute Gasteiger partial charge is 0.483 e. The molecule has 3 aliphatic rings. The fourth-order valence-electron chi connectivity index (χ4n) is 4.17. The summed E-state index contributed by atoms with van der Waals surface area (Å²) in [5, 5.41) is 20.0. The second-order valence-electron chi connectivity index (χ2n) is 8.32. The van der Waals surface area contributed by atoms with E-state index in [1.54, 1.807) is 6.07 Å². The minimum atomic E-state index is -1.45. The Morgan fingerprint density at radius 1 is 1.24 bits per heavy atom. The fourth-order valence-corrected chi connectivity index (χ4v) is 4.93. The first-order valence-corrected chi connectivity index (χ1v) is 11.9. The number of aromatic nitrogens is 2. The third-order valence-corrected chi connectivity index (χ3v) is 7.08. The van der Waals surface area contributed by atoms with Gasteiger partial charge in [-0.2, -0.15) is 0 Å². The summed E-state index contributed by atoms with van der Waals surface area (Å²) in [6, 6.07) is 5.71. The van der Waals surface area contributed by atoms with Crippen LogP contribution in [0.3, 0.4) is 0 Å². The van der Waals surface area contributed by atoms with Gasteiger partial charge in [0.05, 0.1) is 22.0 Å². The maximum absolute atomic E-state index is 12.9. The van der Waals surface area contributed by atoms with Gasteiger partial charge in [0, 0.05) is 18.8 Å². The standard InChI is InChI=1S/C22H25N5O5S/c28-17-12-33-16-2-1-14(25-19(16)27-17)11-24-13-3-6-22(30,7-4-13)21(29)26-15-5-8-23-20-18(15)31-9-10-32-20/h1-2,5,8,13,24,30H,3-4,6-7,9-12H2,(H,23,26,29)(H,25,27,28). The number of nitrogens with zero attached hydrogens (tertiary/aromatic N) is 2. The predicted molar refractivity (Wildman–Crippen MR) is 121 cm³/mol. The van der Waals surface area contributed by atoms with E-state index in [0.29, 0.717) is 74.3 Å². The van der Waals surface area contributed by atoms with E-state index in [0.717, 1.165) is 10.6 Å². The molecule has 2 aliphatic heterocycles. The molecule has 5 rings (SSSR count). The lowest BCUT2D eigenvalue weighted by Crippen LogP contribution is -2.48. The summed E-state index contributed by atoms with van der Waals surface area (Å²) < 4.78 is 11.0. The molecule has 1 aliphatic carbocycles. The third kappa shape index (κ3) is 4.75. The highest BCUT2D eigenvalue weighted by molar-refractivity contribution is 8.00. The van der Waals surface area contributed by atoms with Gasteiger partial charge in [0.2, 0.25) is 11.7 Å². The number of fused-ring (bicyclic) bond motifs is 2. The van der Waals surface area contributed by atoms with Gasteiger partial charge in [-0.25, -0.2) is 9.97 Å². The molecule has 11 heteroatoms. The van der Waals surface area contributed by atoms with Gasteiger partial charge < -0.3 is 30.5 Å². The van der Waals surface area contributed by atoms with Crippen molar-refractivity contribution in [1.82, 2.24) is 15.3 Å². The van der Waals surface area contributed by atoms with Crippen LogP contribution >= 0.6 is 11.8 Å². The van der Waals surface area contributed by atoms with Crippen LogP contribution in [0, 0.1) is 0 Å². The number of carbonyl (C=O) groups excluding carboxylic acids is 2. The molecule has 0 unspecified atom stereocenters. The average molecular weight is 472 g/mol. The molecule has 2 aromatic heterocycles. The highest BCUT2D eigenvalue weighted by atomic mass is 32.2. The van der Waals surface area contributed by atoms with Crippen LogP contribution in [0.25, 0.3) is 0 Å². The molecule has 0 spiro atoms. The number of rotatable bonds is 5. The molecule has 0 atom stereocenters. The molecule has 10 nitrogen and oxygen atoms in total. The van der Waals surface area contributed by atoms with E-state index in [1.165, 1.54) is 18.0 Å². The van der Waals surface area contributed by atoms with Crippen molar-refractivity contribution < 1.29 is 24.2 Å². The van der Waals surface area contributed by atoms with Crippen molar-refractivity contribution >= 4 is 35.1 Å². The molecule has 0 saturated heterocycles. The lowest BCUT2D eigenvalue weighted by Gasteiger charge is -2.35. The number of ether oxygens (including phenoxy) is 2. The molecule has 2 amide bonds. The van der Waals surface area contributed by atoms with E-state index in [-0.39, 0.29) is 11.9 Å². The number of hydrogen-bond donors (Lipinski definition) is 4. The zero-order chi connectivity index (χ0) is 22.8. The monoisotopic (exact) mass is 471 g/mol. The molecular formula is C22H25N5O5S. The van der Waals surface area contributed by atoms with E-state index >= 15 is 0 Å². The molecule has 33 heavy (non-hydrogen) atoms. The summed E-state index contributed by atoms with van der Waals surface area (Å²) in [5.74, 6) is 1.26. The Labute approximate surface area is 194 Å². The predicted octanol–water partition coefficient (Wildman–Crippen LogP) is 1.69. The van der Waals surface area contributed by atoms with Crippen molar-refractivity contribution in [2.75, 3.05) is 29.6 Å². The van der Waals surface area contributed by atoms with Gasteiger partial charge in [0.15, 0.2) is 0 Å². The van der Waals surface area contributed by atoms with Crippen LogP contribution in [-0.2, 0) is 16.1 Å². The molecular weight excluding hydrogens is 446 g/mol. The first-order chi connectivity index (χ1) is 16.0. The third-order valence-electron chi connectivity index (χ3n) is 6.03. The number of nitrogens with one attached hydrogen (secondary N) is 3. The van der Waals surface area contributed by atoms with Crippen molar-refractivity contribution in [2.24, 2.45) is 0 Å². The van der Waals surface area contributed by atoms with Crippen LogP contribution in [-0.4, -0.2) is 57.5 Å². The molecule has 4 heterocycles. The zero-order valence-corrected chi connectivity index (χ0v) is 18.7. The van der Waals surface area contributed by atoms with E-state index in [1.807, 2.05) is 12.1 Å². The number of amides is 2. The zero-order valence-electron chi connectivity index (χ0n) is 17.9. The number of hydrogen-bond acceptors (Lipinski definition) is 9. The van der Waals surface area contributed by atoms with Crippen LogP contribution in [0.15, 0.2) is 29.3 Å². The van der Waals surface area contributed by atoms with Gasteiger partial charge in [0.25, 0.3) is 11.8 Å². The first kappa shape index (κ1) is 21.9. The number of thioether (sulfide) groups is 1. The summed E-state index contributed by atoms with van der Waals surface area (Å²) in [5.41, 5.74) is -0.169. The number of carbonyl (C=O) groups is 2. The molecule has 2 aromatic rings. The Hall–Kier alpha value is -2.89. The Bertz CT molecular complexity index is 1070. The normalized spacial score (nSPS) is 23.9. The second-order valence-corrected chi connectivity index (χ2v) is 9.33. The number of aliphatic hydroxyl groups is 1. The summed E-state index contributed by atoms with van der Waals surface area (Å²) in [4.78, 5) is 34.1. The molecule has 0 aromatic carbocycles. The van der Waals surface area contributed by atoms with Gasteiger partial charge in [0.1, 0.15) is 24.6 Å². The van der Waals surface area contributed by atoms with Crippen LogP contribution in [0.4, 0.5) is 11.5 Å². The lowest BCUT2D eigenvalue weighted by atomic mass is 9.81. The maximum atomic E-state index is 12.9. The second kappa shape index (κ2) is 9.16. The van der Waals surface area contributed by atoms with Gasteiger partial charge >= 0.3 is 0 Å². The smallest absolute Gasteiger partial charge is 0.259 e. The summed E-state index contributed by atoms with van der Waals surface area (Å²) in [6.07, 6.45) is 3.51. The molecule has 0 bridgehead atoms. The lowest BCUT2D eigenvalue weighted by molar-refractivity contribution is -0.137. The van der Waals surface area contributed by atoms with Crippen molar-refractivity contribution in [3.8, 4) is 11.6 Å². The Balaban J connectivity index is 1.15. The number of pyridine rings is 2. The van der Waals surface area contributed by atoms with Crippen LogP contribution in [0.2, 0.25) is 0 Å². The maximum Gasteiger partial charge on any atom is 0.259 e. The van der Waals surface area contributed by atoms with Gasteiger partial charge in [-0.15, -0.1) is 11.8 Å². The number of anilines is 2. The highest BCUT2D eigenvalue weighted by Gasteiger charge is 2.40. The molecule has 0 radical (unpaired) electrons. The molecule has 174 valence electrons. The van der Waals surface area contributed by atoms with E-state index < -0.39 is 11.5 Å². The van der Waals surface area contributed by atoms with Gasteiger partial charge in [-0.3, -0.25) is 9.59 Å². The van der Waals surface area contributed by atoms with Gasteiger partial charge in [-0.05, 0) is 43.9 Å². The topological polar surface area (TPSA) is 135 Å². The van der Waals surface area contributed by atoms with Crippen LogP contribution in [0.1, 0.15) is 31.4 Å². The van der Waals surface area contributed by atoms with Crippen LogP contribution < -0.4 is 25.4 Å². The molecule has 1 fully saturated rings. The SMILES string of the molecule is O=C1CSc2ccc(CNC3CCC(O)(C(=O)Nc4ccnc5c4OCCO5)CC3)nc2N1. The minimum absolute atomic E-state index is 0.0404.